The van der Waals surface area contributed by atoms with E-state index in [0.717, 1.165) is 0 Å². The number of rotatable bonds is 7. The summed E-state index contributed by atoms with van der Waals surface area (Å²) in [6.07, 6.45) is 0. The Labute approximate surface area is 337 Å². The molecule has 0 aliphatic heterocycles. The highest BCUT2D eigenvalue weighted by atomic mass is 31.1. The molecule has 0 heterocycles. The van der Waals surface area contributed by atoms with E-state index in [1.165, 1.54) is 86.8 Å². The molecule has 8 aromatic rings. The first kappa shape index (κ1) is 38.0. The molecule has 0 bridgehead atoms. The molecule has 0 radical (unpaired) electrons. The van der Waals surface area contributed by atoms with Gasteiger partial charge in [0.1, 0.15) is 0 Å². The lowest BCUT2D eigenvalue weighted by Crippen LogP contribution is -2.26. The van der Waals surface area contributed by atoms with Crippen molar-refractivity contribution >= 4 is 69.2 Å². The molecule has 278 valence electrons. The van der Waals surface area contributed by atoms with Crippen molar-refractivity contribution < 1.29 is 0 Å². The summed E-state index contributed by atoms with van der Waals surface area (Å²) in [7, 11) is -1.87. The van der Waals surface area contributed by atoms with Crippen LogP contribution in [0.25, 0.3) is 32.7 Å². The monoisotopic (exact) mass is 762 g/mol. The van der Waals surface area contributed by atoms with E-state index in [0.29, 0.717) is 0 Å². The van der Waals surface area contributed by atoms with Gasteiger partial charge in [-0.15, -0.1) is 0 Å². The van der Waals surface area contributed by atoms with E-state index < -0.39 is 15.8 Å². The average Bonchev–Trinajstić information content (AvgIpc) is 3.19. The van der Waals surface area contributed by atoms with E-state index in [4.69, 9.17) is 0 Å². The molecule has 0 aliphatic rings. The van der Waals surface area contributed by atoms with Crippen LogP contribution < -0.4 is 31.8 Å². The first-order valence-electron chi connectivity index (χ1n) is 19.9. The molecule has 0 nitrogen and oxygen atoms in total. The summed E-state index contributed by atoms with van der Waals surface area (Å²) in [4.78, 5) is 0. The van der Waals surface area contributed by atoms with Gasteiger partial charge in [-0.05, 0) is 116 Å². The maximum absolute atomic E-state index is 2.46. The highest BCUT2D eigenvalue weighted by Crippen LogP contribution is 2.46. The second-order valence-corrected chi connectivity index (χ2v) is 21.7. The lowest BCUT2D eigenvalue weighted by atomic mass is 9.87. The number of aryl methyl sites for hydroxylation is 2. The minimum absolute atomic E-state index is 0.0741. The zero-order valence-electron chi connectivity index (χ0n) is 34.1. The van der Waals surface area contributed by atoms with Crippen LogP contribution in [0.15, 0.2) is 170 Å². The molecule has 0 aromatic heterocycles. The van der Waals surface area contributed by atoms with Gasteiger partial charge in [0.05, 0.1) is 0 Å². The lowest BCUT2D eigenvalue weighted by Gasteiger charge is -2.29. The molecule has 0 atom stereocenters. The summed E-state index contributed by atoms with van der Waals surface area (Å²) in [5.41, 5.74) is 8.13. The van der Waals surface area contributed by atoms with Crippen molar-refractivity contribution in [1.82, 2.24) is 0 Å². The van der Waals surface area contributed by atoms with Crippen LogP contribution in [-0.4, -0.2) is 0 Å². The lowest BCUT2D eigenvalue weighted by molar-refractivity contribution is 0.590. The molecule has 2 heteroatoms. The van der Waals surface area contributed by atoms with E-state index in [2.05, 4.69) is 225 Å². The van der Waals surface area contributed by atoms with Crippen molar-refractivity contribution in [2.24, 2.45) is 0 Å². The topological polar surface area (TPSA) is 0 Å². The van der Waals surface area contributed by atoms with Gasteiger partial charge in [0, 0.05) is 0 Å². The Kier molecular flexibility index (Phi) is 10.3. The highest BCUT2D eigenvalue weighted by Gasteiger charge is 2.29. The second kappa shape index (κ2) is 15.2. The molecule has 0 unspecified atom stereocenters. The Morgan fingerprint density at radius 3 is 0.946 bits per heavy atom. The molecule has 0 fully saturated rings. The fourth-order valence-corrected chi connectivity index (χ4v) is 12.7. The minimum Gasteiger partial charge on any atom is -0.0616 e. The van der Waals surface area contributed by atoms with E-state index in [1.807, 2.05) is 0 Å². The zero-order valence-corrected chi connectivity index (χ0v) is 35.8. The first-order chi connectivity index (χ1) is 26.9. The van der Waals surface area contributed by atoms with Crippen molar-refractivity contribution in [2.45, 2.75) is 66.2 Å². The molecule has 0 spiro atoms. The van der Waals surface area contributed by atoms with E-state index in [-0.39, 0.29) is 10.8 Å². The molecule has 0 saturated carbocycles. The number of fused-ring (bicyclic) bond motifs is 2. The summed E-state index contributed by atoms with van der Waals surface area (Å²) in [6, 6.07) is 65.5. The Hall–Kier alpha value is -4.86. The van der Waals surface area contributed by atoms with Crippen LogP contribution in [0.5, 0.6) is 0 Å². The zero-order chi connectivity index (χ0) is 39.2. The Morgan fingerprint density at radius 1 is 0.321 bits per heavy atom. The standard InChI is InChI=1S/C54H52P2/c1-37-17-27-43(28-18-37)55(44-29-19-38(2)20-30-44)49-35-21-39-13-9-11-15-47(39)51(49)52-48-16-12-10-14-40(48)22-36-50(52)56(45-31-23-41(24-32-45)53(3,4)5)46-33-25-42(26-34-46)54(6,7)8/h9-36H,1-8H3. The Balaban J connectivity index is 1.49. The SMILES string of the molecule is Cc1ccc(P(c2ccc(C)cc2)c2ccc3ccccc3c2-c2c(P(c3ccc(C(C)(C)C)cc3)c3ccc(C(C)(C)C)cc3)ccc3ccccc23)cc1. The fraction of sp³-hybridized carbons (Fsp3) is 0.185. The van der Waals surface area contributed by atoms with Crippen molar-refractivity contribution in [3.63, 3.8) is 0 Å². The van der Waals surface area contributed by atoms with Gasteiger partial charge >= 0.3 is 0 Å². The van der Waals surface area contributed by atoms with Gasteiger partial charge in [-0.2, -0.15) is 0 Å². The quantitative estimate of drug-likeness (QED) is 0.142. The van der Waals surface area contributed by atoms with E-state index in [1.54, 1.807) is 0 Å². The maximum atomic E-state index is 2.46. The van der Waals surface area contributed by atoms with Crippen LogP contribution in [0, 0.1) is 13.8 Å². The van der Waals surface area contributed by atoms with Crippen LogP contribution in [0.1, 0.15) is 63.8 Å². The molecule has 0 saturated heterocycles. The number of benzene rings is 8. The fourth-order valence-electron chi connectivity index (χ4n) is 7.88. The molecular formula is C54H52P2. The summed E-state index contributed by atoms with van der Waals surface area (Å²) in [6.45, 7) is 18.2. The van der Waals surface area contributed by atoms with Crippen LogP contribution in [0.4, 0.5) is 0 Å². The van der Waals surface area contributed by atoms with Crippen molar-refractivity contribution in [1.29, 1.82) is 0 Å². The van der Waals surface area contributed by atoms with Crippen molar-refractivity contribution in [2.75, 3.05) is 0 Å². The van der Waals surface area contributed by atoms with Crippen molar-refractivity contribution in [3.05, 3.63) is 192 Å². The van der Waals surface area contributed by atoms with Gasteiger partial charge in [0.25, 0.3) is 0 Å². The van der Waals surface area contributed by atoms with E-state index >= 15 is 0 Å². The second-order valence-electron chi connectivity index (χ2n) is 17.3. The predicted octanol–water partition coefficient (Wildman–Crippen LogP) is 12.4. The number of hydrogen-bond donors (Lipinski definition) is 0. The largest absolute Gasteiger partial charge is 0.0616 e. The van der Waals surface area contributed by atoms with Crippen LogP contribution in [0.2, 0.25) is 0 Å². The third kappa shape index (κ3) is 7.51. The molecule has 0 aliphatic carbocycles. The first-order valence-corrected chi connectivity index (χ1v) is 22.5. The summed E-state index contributed by atoms with van der Waals surface area (Å²) < 4.78 is 0. The molecule has 56 heavy (non-hydrogen) atoms. The van der Waals surface area contributed by atoms with Gasteiger partial charge < -0.3 is 0 Å². The Morgan fingerprint density at radius 2 is 0.625 bits per heavy atom. The van der Waals surface area contributed by atoms with Gasteiger partial charge in [0.2, 0.25) is 0 Å². The van der Waals surface area contributed by atoms with Crippen molar-refractivity contribution in [3.8, 4) is 11.1 Å². The predicted molar refractivity (Wildman–Crippen MR) is 251 cm³/mol. The molecule has 0 amide bonds. The summed E-state index contributed by atoms with van der Waals surface area (Å²) in [5, 5.41) is 13.4. The normalized spacial score (nSPS) is 12.2. The molecule has 8 rings (SSSR count). The smallest absolute Gasteiger partial charge is 0.000884 e. The van der Waals surface area contributed by atoms with Gasteiger partial charge in [-0.1, -0.05) is 223 Å². The summed E-state index contributed by atoms with van der Waals surface area (Å²) in [5.74, 6) is 0. The summed E-state index contributed by atoms with van der Waals surface area (Å²) >= 11 is 0. The third-order valence-electron chi connectivity index (χ3n) is 11.1. The maximum Gasteiger partial charge on any atom is -0.000884 e. The van der Waals surface area contributed by atoms with Gasteiger partial charge in [-0.3, -0.25) is 0 Å². The van der Waals surface area contributed by atoms with E-state index in [9.17, 15) is 0 Å². The molecule has 8 aromatic carbocycles. The van der Waals surface area contributed by atoms with Crippen LogP contribution in [-0.2, 0) is 10.8 Å². The minimum atomic E-state index is -0.957. The van der Waals surface area contributed by atoms with Gasteiger partial charge in [-0.25, -0.2) is 0 Å². The molecular weight excluding hydrogens is 711 g/mol. The Bertz CT molecular complexity index is 2530. The van der Waals surface area contributed by atoms with Crippen LogP contribution >= 0.6 is 15.8 Å². The number of hydrogen-bond acceptors (Lipinski definition) is 0. The molecule has 0 N–H and O–H groups in total. The third-order valence-corrected chi connectivity index (χ3v) is 16.1. The highest BCUT2D eigenvalue weighted by molar-refractivity contribution is 7.80. The van der Waals surface area contributed by atoms with Gasteiger partial charge in [0.15, 0.2) is 0 Å². The average molecular weight is 763 g/mol. The van der Waals surface area contributed by atoms with Crippen LogP contribution in [0.3, 0.4) is 0 Å².